The van der Waals surface area contributed by atoms with Crippen molar-refractivity contribution in [3.05, 3.63) is 67.8 Å². The maximum Gasteiger partial charge on any atom is 0.268 e. The Balaban J connectivity index is 1.43. The Labute approximate surface area is 169 Å². The summed E-state index contributed by atoms with van der Waals surface area (Å²) in [5, 5.41) is 4.90. The number of thiophene rings is 1. The first-order valence-electron chi connectivity index (χ1n) is 8.71. The molecule has 4 aromatic rings. The fourth-order valence-electron chi connectivity index (χ4n) is 2.91. The van der Waals surface area contributed by atoms with Crippen molar-refractivity contribution in [3.8, 4) is 11.3 Å². The van der Waals surface area contributed by atoms with E-state index < -0.39 is 0 Å². The number of thiazole rings is 1. The molecule has 0 aliphatic carbocycles. The highest BCUT2D eigenvalue weighted by Crippen LogP contribution is 2.22. The van der Waals surface area contributed by atoms with Gasteiger partial charge in [-0.15, -0.1) is 22.7 Å². The van der Waals surface area contributed by atoms with Gasteiger partial charge in [-0.3, -0.25) is 9.59 Å². The molecule has 3 heterocycles. The summed E-state index contributed by atoms with van der Waals surface area (Å²) in [6.07, 6.45) is 0.289. The molecule has 1 aromatic carbocycles. The Hall–Kier alpha value is -2.84. The number of nitrogens with one attached hydrogen (secondary N) is 1. The number of hydrogen-bond acceptors (Lipinski definition) is 6. The van der Waals surface area contributed by atoms with Crippen molar-refractivity contribution in [3.63, 3.8) is 0 Å². The van der Waals surface area contributed by atoms with Crippen LogP contribution in [0.15, 0.2) is 45.9 Å². The number of fused-ring (bicyclic) bond motifs is 1. The first kappa shape index (κ1) is 18.5. The minimum Gasteiger partial charge on any atom is -0.338 e. The number of aryl methyl sites for hydroxylation is 1. The Morgan fingerprint density at radius 1 is 1.14 bits per heavy atom. The van der Waals surface area contributed by atoms with E-state index in [0.29, 0.717) is 16.0 Å². The summed E-state index contributed by atoms with van der Waals surface area (Å²) in [7, 11) is 1.71. The maximum atomic E-state index is 12.6. The first-order valence-corrected chi connectivity index (χ1v) is 10.5. The zero-order valence-electron chi connectivity index (χ0n) is 15.4. The van der Waals surface area contributed by atoms with Gasteiger partial charge in [0.05, 0.1) is 29.2 Å². The molecule has 0 aliphatic rings. The van der Waals surface area contributed by atoms with Crippen LogP contribution >= 0.6 is 22.7 Å². The lowest BCUT2D eigenvalue weighted by atomic mass is 10.1. The van der Waals surface area contributed by atoms with Gasteiger partial charge in [0.15, 0.2) is 0 Å². The van der Waals surface area contributed by atoms with Gasteiger partial charge in [-0.1, -0.05) is 24.3 Å². The molecule has 4 rings (SSSR count). The SMILES string of the molecule is Cc1nc(-c2ccc(CC(=O)N(C)Cc3nc4ccsc4c(=O)[nH]3)cc2)cs1. The number of likely N-dealkylation sites (N-methyl/N-ethyl adjacent to an activating group) is 1. The summed E-state index contributed by atoms with van der Waals surface area (Å²) >= 11 is 2.98. The number of benzene rings is 1. The number of nitrogens with zero attached hydrogens (tertiary/aromatic N) is 3. The van der Waals surface area contributed by atoms with Crippen LogP contribution < -0.4 is 5.56 Å². The van der Waals surface area contributed by atoms with E-state index in [4.69, 9.17) is 0 Å². The van der Waals surface area contributed by atoms with Crippen molar-refractivity contribution in [2.45, 2.75) is 19.9 Å². The normalized spacial score (nSPS) is 11.1. The van der Waals surface area contributed by atoms with Crippen LogP contribution in [-0.2, 0) is 17.8 Å². The fraction of sp³-hybridized carbons (Fsp3) is 0.200. The van der Waals surface area contributed by atoms with E-state index in [2.05, 4.69) is 15.0 Å². The fourth-order valence-corrected chi connectivity index (χ4v) is 4.26. The van der Waals surface area contributed by atoms with Crippen molar-refractivity contribution in [1.82, 2.24) is 19.9 Å². The van der Waals surface area contributed by atoms with Crippen molar-refractivity contribution in [2.75, 3.05) is 7.05 Å². The summed E-state index contributed by atoms with van der Waals surface area (Å²) in [6.45, 7) is 2.24. The molecule has 0 radical (unpaired) electrons. The Morgan fingerprint density at radius 3 is 2.64 bits per heavy atom. The number of amides is 1. The number of aromatic amines is 1. The molecular formula is C20H18N4O2S2. The van der Waals surface area contributed by atoms with Gasteiger partial charge in [-0.25, -0.2) is 9.97 Å². The molecular weight excluding hydrogens is 392 g/mol. The topological polar surface area (TPSA) is 79.0 Å². The highest BCUT2D eigenvalue weighted by Gasteiger charge is 2.13. The molecule has 0 saturated carbocycles. The van der Waals surface area contributed by atoms with Crippen molar-refractivity contribution < 1.29 is 4.79 Å². The molecule has 0 unspecified atom stereocenters. The molecule has 3 aromatic heterocycles. The average Bonchev–Trinajstić information content (AvgIpc) is 3.31. The van der Waals surface area contributed by atoms with E-state index in [9.17, 15) is 9.59 Å². The van der Waals surface area contributed by atoms with Crippen LogP contribution in [0, 0.1) is 6.92 Å². The Kier molecular flexibility index (Phi) is 5.06. The number of H-pyrrole nitrogens is 1. The summed E-state index contributed by atoms with van der Waals surface area (Å²) in [6, 6.07) is 9.69. The van der Waals surface area contributed by atoms with Gasteiger partial charge in [-0.05, 0) is 23.9 Å². The average molecular weight is 411 g/mol. The highest BCUT2D eigenvalue weighted by atomic mass is 32.1. The van der Waals surface area contributed by atoms with E-state index in [1.807, 2.05) is 48.0 Å². The molecule has 0 aliphatic heterocycles. The second-order valence-corrected chi connectivity index (χ2v) is 8.50. The molecule has 1 amide bonds. The van der Waals surface area contributed by atoms with E-state index in [0.717, 1.165) is 21.8 Å². The van der Waals surface area contributed by atoms with E-state index in [1.54, 1.807) is 23.3 Å². The van der Waals surface area contributed by atoms with Gasteiger partial charge in [0, 0.05) is 18.0 Å². The molecule has 0 atom stereocenters. The lowest BCUT2D eigenvalue weighted by Crippen LogP contribution is -2.29. The largest absolute Gasteiger partial charge is 0.338 e. The standard InChI is InChI=1S/C20H18N4O2S2/c1-12-21-16(11-28-12)14-5-3-13(4-6-14)9-18(25)24(2)10-17-22-15-7-8-27-19(15)20(26)23-17/h3-8,11H,9-10H2,1-2H3,(H,22,23,26). The van der Waals surface area contributed by atoms with E-state index in [1.165, 1.54) is 11.3 Å². The molecule has 6 nitrogen and oxygen atoms in total. The van der Waals surface area contributed by atoms with Gasteiger partial charge < -0.3 is 9.88 Å². The molecule has 142 valence electrons. The van der Waals surface area contributed by atoms with Crippen LogP contribution in [-0.4, -0.2) is 32.8 Å². The second-order valence-electron chi connectivity index (χ2n) is 6.52. The minimum absolute atomic E-state index is 0.0367. The van der Waals surface area contributed by atoms with Gasteiger partial charge in [0.1, 0.15) is 10.5 Å². The van der Waals surface area contributed by atoms with E-state index >= 15 is 0 Å². The molecule has 0 fully saturated rings. The number of carbonyl (C=O) groups is 1. The van der Waals surface area contributed by atoms with Crippen LogP contribution in [0.25, 0.3) is 21.5 Å². The molecule has 8 heteroatoms. The molecule has 1 N–H and O–H groups in total. The zero-order valence-corrected chi connectivity index (χ0v) is 17.1. The Morgan fingerprint density at radius 2 is 1.93 bits per heavy atom. The summed E-state index contributed by atoms with van der Waals surface area (Å²) in [5.74, 6) is 0.450. The third kappa shape index (κ3) is 3.88. The quantitative estimate of drug-likeness (QED) is 0.545. The smallest absolute Gasteiger partial charge is 0.268 e. The predicted octanol–water partition coefficient (Wildman–Crippen LogP) is 3.62. The van der Waals surface area contributed by atoms with Crippen molar-refractivity contribution in [1.29, 1.82) is 0 Å². The third-order valence-electron chi connectivity index (χ3n) is 4.40. The monoisotopic (exact) mass is 410 g/mol. The summed E-state index contributed by atoms with van der Waals surface area (Å²) in [4.78, 5) is 37.9. The lowest BCUT2D eigenvalue weighted by Gasteiger charge is -2.16. The zero-order chi connectivity index (χ0) is 19.7. The van der Waals surface area contributed by atoms with Crippen LogP contribution in [0.3, 0.4) is 0 Å². The predicted molar refractivity (Wildman–Crippen MR) is 113 cm³/mol. The van der Waals surface area contributed by atoms with Gasteiger partial charge in [0.25, 0.3) is 5.56 Å². The van der Waals surface area contributed by atoms with Crippen molar-refractivity contribution in [2.24, 2.45) is 0 Å². The van der Waals surface area contributed by atoms with Gasteiger partial charge in [0.2, 0.25) is 5.91 Å². The minimum atomic E-state index is -0.163. The highest BCUT2D eigenvalue weighted by molar-refractivity contribution is 7.17. The molecule has 0 bridgehead atoms. The van der Waals surface area contributed by atoms with Crippen LogP contribution in [0.4, 0.5) is 0 Å². The second kappa shape index (κ2) is 7.65. The Bertz CT molecular complexity index is 1190. The number of hydrogen-bond donors (Lipinski definition) is 1. The lowest BCUT2D eigenvalue weighted by molar-refractivity contribution is -0.129. The van der Waals surface area contributed by atoms with Gasteiger partial charge >= 0.3 is 0 Å². The third-order valence-corrected chi connectivity index (χ3v) is 6.08. The van der Waals surface area contributed by atoms with Crippen molar-refractivity contribution >= 4 is 38.8 Å². The van der Waals surface area contributed by atoms with Crippen LogP contribution in [0.2, 0.25) is 0 Å². The number of rotatable bonds is 5. The summed E-state index contributed by atoms with van der Waals surface area (Å²) in [5.41, 5.74) is 3.43. The van der Waals surface area contributed by atoms with Crippen LogP contribution in [0.1, 0.15) is 16.4 Å². The molecule has 0 spiro atoms. The van der Waals surface area contributed by atoms with E-state index in [-0.39, 0.29) is 24.4 Å². The molecule has 0 saturated heterocycles. The van der Waals surface area contributed by atoms with Crippen LogP contribution in [0.5, 0.6) is 0 Å². The van der Waals surface area contributed by atoms with Gasteiger partial charge in [-0.2, -0.15) is 0 Å². The maximum absolute atomic E-state index is 12.6. The molecule has 28 heavy (non-hydrogen) atoms. The summed E-state index contributed by atoms with van der Waals surface area (Å²) < 4.78 is 0.605. The number of carbonyl (C=O) groups excluding carboxylic acids is 1. The number of aromatic nitrogens is 3. The first-order chi connectivity index (χ1) is 13.5.